The van der Waals surface area contributed by atoms with Crippen LogP contribution in [0.25, 0.3) is 0 Å². The van der Waals surface area contributed by atoms with Crippen LogP contribution in [0.1, 0.15) is 117 Å². The molecule has 1 amide bonds. The van der Waals surface area contributed by atoms with Gasteiger partial charge in [-0.3, -0.25) is 14.4 Å². The summed E-state index contributed by atoms with van der Waals surface area (Å²) in [6, 6.07) is -0.222. The lowest BCUT2D eigenvalue weighted by atomic mass is 10.0. The molecule has 0 heterocycles. The second-order valence-electron chi connectivity index (χ2n) is 7.60. The van der Waals surface area contributed by atoms with Gasteiger partial charge in [-0.15, -0.1) is 0 Å². The molecule has 0 unspecified atom stereocenters. The number of hydrogen-bond acceptors (Lipinski definition) is 3. The summed E-state index contributed by atoms with van der Waals surface area (Å²) >= 11 is 0. The zero-order chi connectivity index (χ0) is 20.3. The molecule has 0 aliphatic carbocycles. The molecule has 0 fully saturated rings. The van der Waals surface area contributed by atoms with Gasteiger partial charge in [-0.2, -0.15) is 0 Å². The van der Waals surface area contributed by atoms with E-state index in [2.05, 4.69) is 12.2 Å². The van der Waals surface area contributed by atoms with Crippen LogP contribution in [0.5, 0.6) is 0 Å². The number of carboxylic acids is 1. The Labute approximate surface area is 165 Å². The van der Waals surface area contributed by atoms with Crippen molar-refractivity contribution < 1.29 is 19.5 Å². The Bertz CT molecular complexity index is 409. The van der Waals surface area contributed by atoms with Crippen molar-refractivity contribution in [2.75, 3.05) is 0 Å². The average Bonchev–Trinajstić information content (AvgIpc) is 2.64. The molecule has 0 aromatic carbocycles. The SMILES string of the molecule is CCCCCCCCCCCCCC(=O)C(=O)N[C@@H](CCC)CCC(=O)O. The maximum absolute atomic E-state index is 12.0. The van der Waals surface area contributed by atoms with Crippen LogP contribution in [0.3, 0.4) is 0 Å². The molecule has 0 aromatic heterocycles. The number of Topliss-reactive ketones (excluding diaryl/α,β-unsaturated/α-hetero) is 1. The molecular formula is C22H41NO4. The van der Waals surface area contributed by atoms with Gasteiger partial charge < -0.3 is 10.4 Å². The normalized spacial score (nSPS) is 11.9. The third kappa shape index (κ3) is 16.5. The summed E-state index contributed by atoms with van der Waals surface area (Å²) in [7, 11) is 0. The van der Waals surface area contributed by atoms with Crippen LogP contribution in [0.2, 0.25) is 0 Å². The fourth-order valence-corrected chi connectivity index (χ4v) is 3.26. The Balaban J connectivity index is 3.72. The fraction of sp³-hybridized carbons (Fsp3) is 0.864. The van der Waals surface area contributed by atoms with Crippen LogP contribution in [0.4, 0.5) is 0 Å². The van der Waals surface area contributed by atoms with Gasteiger partial charge in [0, 0.05) is 18.9 Å². The molecule has 5 heteroatoms. The maximum Gasteiger partial charge on any atom is 0.303 e. The van der Waals surface area contributed by atoms with Crippen molar-refractivity contribution in [3.8, 4) is 0 Å². The fourth-order valence-electron chi connectivity index (χ4n) is 3.26. The molecule has 1 atom stereocenters. The maximum atomic E-state index is 12.0. The molecule has 0 saturated heterocycles. The number of carboxylic acid groups (broad SMARTS) is 1. The number of carbonyl (C=O) groups excluding carboxylic acids is 2. The number of unbranched alkanes of at least 4 members (excludes halogenated alkanes) is 10. The van der Waals surface area contributed by atoms with Gasteiger partial charge in [-0.1, -0.05) is 84.5 Å². The van der Waals surface area contributed by atoms with Crippen molar-refractivity contribution in [2.45, 2.75) is 123 Å². The second kappa shape index (κ2) is 18.0. The van der Waals surface area contributed by atoms with E-state index in [9.17, 15) is 14.4 Å². The summed E-state index contributed by atoms with van der Waals surface area (Å²) < 4.78 is 0. The molecule has 0 rings (SSSR count). The van der Waals surface area contributed by atoms with Gasteiger partial charge in [0.25, 0.3) is 5.91 Å². The molecule has 2 N–H and O–H groups in total. The summed E-state index contributed by atoms with van der Waals surface area (Å²) in [5, 5.41) is 11.5. The van der Waals surface area contributed by atoms with E-state index in [-0.39, 0.29) is 18.2 Å². The largest absolute Gasteiger partial charge is 0.481 e. The van der Waals surface area contributed by atoms with Crippen LogP contribution in [-0.2, 0) is 14.4 Å². The molecule has 27 heavy (non-hydrogen) atoms. The Morgan fingerprint density at radius 2 is 1.22 bits per heavy atom. The van der Waals surface area contributed by atoms with Crippen molar-refractivity contribution >= 4 is 17.7 Å². The minimum atomic E-state index is -0.877. The lowest BCUT2D eigenvalue weighted by molar-refractivity contribution is -0.139. The van der Waals surface area contributed by atoms with E-state index in [1.165, 1.54) is 51.4 Å². The van der Waals surface area contributed by atoms with Crippen LogP contribution in [0, 0.1) is 0 Å². The van der Waals surface area contributed by atoms with E-state index >= 15 is 0 Å². The lowest BCUT2D eigenvalue weighted by Crippen LogP contribution is -2.39. The van der Waals surface area contributed by atoms with E-state index in [0.29, 0.717) is 19.3 Å². The first-order valence-electron chi connectivity index (χ1n) is 11.1. The first-order valence-corrected chi connectivity index (χ1v) is 11.1. The zero-order valence-electron chi connectivity index (χ0n) is 17.6. The lowest BCUT2D eigenvalue weighted by Gasteiger charge is -2.16. The number of nitrogens with one attached hydrogen (secondary N) is 1. The first kappa shape index (κ1) is 25.6. The van der Waals surface area contributed by atoms with E-state index in [4.69, 9.17) is 5.11 Å². The quantitative estimate of drug-likeness (QED) is 0.231. The van der Waals surface area contributed by atoms with Gasteiger partial charge in [0.2, 0.25) is 5.78 Å². The number of amides is 1. The van der Waals surface area contributed by atoms with Crippen LogP contribution >= 0.6 is 0 Å². The molecule has 0 radical (unpaired) electrons. The third-order valence-electron chi connectivity index (χ3n) is 4.94. The van der Waals surface area contributed by atoms with Gasteiger partial charge in [-0.05, 0) is 19.3 Å². The summed E-state index contributed by atoms with van der Waals surface area (Å²) in [4.78, 5) is 34.6. The molecule has 0 spiro atoms. The van der Waals surface area contributed by atoms with Crippen molar-refractivity contribution in [3.05, 3.63) is 0 Å². The number of ketones is 1. The van der Waals surface area contributed by atoms with Gasteiger partial charge in [0.1, 0.15) is 0 Å². The van der Waals surface area contributed by atoms with Crippen molar-refractivity contribution in [1.29, 1.82) is 0 Å². The van der Waals surface area contributed by atoms with Crippen molar-refractivity contribution in [1.82, 2.24) is 5.32 Å². The monoisotopic (exact) mass is 383 g/mol. The molecular weight excluding hydrogens is 342 g/mol. The van der Waals surface area contributed by atoms with Gasteiger partial charge in [-0.25, -0.2) is 0 Å². The molecule has 0 bridgehead atoms. The third-order valence-corrected chi connectivity index (χ3v) is 4.94. The number of carbonyl (C=O) groups is 3. The highest BCUT2D eigenvalue weighted by molar-refractivity contribution is 6.36. The number of aliphatic carboxylic acids is 1. The number of hydrogen-bond donors (Lipinski definition) is 2. The minimum Gasteiger partial charge on any atom is -0.481 e. The van der Waals surface area contributed by atoms with E-state index in [1.807, 2.05) is 6.92 Å². The highest BCUT2D eigenvalue weighted by Gasteiger charge is 2.18. The summed E-state index contributed by atoms with van der Waals surface area (Å²) in [5.74, 6) is -1.80. The molecule has 0 aliphatic rings. The Kier molecular flexibility index (Phi) is 17.1. The molecule has 158 valence electrons. The van der Waals surface area contributed by atoms with Crippen molar-refractivity contribution in [2.24, 2.45) is 0 Å². The van der Waals surface area contributed by atoms with Gasteiger partial charge in [0.15, 0.2) is 0 Å². The molecule has 5 nitrogen and oxygen atoms in total. The zero-order valence-corrected chi connectivity index (χ0v) is 17.6. The molecule has 0 aromatic rings. The van der Waals surface area contributed by atoms with Crippen LogP contribution in [-0.4, -0.2) is 28.8 Å². The summed E-state index contributed by atoms with van der Waals surface area (Å²) in [6.07, 6.45) is 15.6. The molecule has 0 saturated carbocycles. The van der Waals surface area contributed by atoms with Crippen molar-refractivity contribution in [3.63, 3.8) is 0 Å². The standard InChI is InChI=1S/C22H41NO4/c1-3-5-6-7-8-9-10-11-12-13-14-16-20(24)22(27)23-19(15-4-2)17-18-21(25)26/h19H,3-18H2,1-2H3,(H,23,27)(H,25,26)/t19-/m0/s1. The predicted octanol–water partition coefficient (Wildman–Crippen LogP) is 5.41. The molecule has 0 aliphatic heterocycles. The number of rotatable bonds is 19. The summed E-state index contributed by atoms with van der Waals surface area (Å²) in [6.45, 7) is 4.21. The Morgan fingerprint density at radius 3 is 1.70 bits per heavy atom. The smallest absolute Gasteiger partial charge is 0.303 e. The second-order valence-corrected chi connectivity index (χ2v) is 7.60. The predicted molar refractivity (Wildman–Crippen MR) is 110 cm³/mol. The van der Waals surface area contributed by atoms with Gasteiger partial charge >= 0.3 is 5.97 Å². The Hall–Kier alpha value is -1.39. The minimum absolute atomic E-state index is 0.0116. The first-order chi connectivity index (χ1) is 13.0. The van der Waals surface area contributed by atoms with E-state index < -0.39 is 11.9 Å². The van der Waals surface area contributed by atoms with Crippen LogP contribution < -0.4 is 5.32 Å². The van der Waals surface area contributed by atoms with E-state index in [0.717, 1.165) is 25.7 Å². The Morgan fingerprint density at radius 1 is 0.704 bits per heavy atom. The summed E-state index contributed by atoms with van der Waals surface area (Å²) in [5.41, 5.74) is 0. The highest BCUT2D eigenvalue weighted by Crippen LogP contribution is 2.12. The van der Waals surface area contributed by atoms with Gasteiger partial charge in [0.05, 0.1) is 0 Å². The average molecular weight is 384 g/mol. The highest BCUT2D eigenvalue weighted by atomic mass is 16.4. The van der Waals surface area contributed by atoms with E-state index in [1.54, 1.807) is 0 Å². The topological polar surface area (TPSA) is 83.5 Å². The van der Waals surface area contributed by atoms with Crippen LogP contribution in [0.15, 0.2) is 0 Å².